The normalized spacial score (nSPS) is 17.2. The predicted octanol–water partition coefficient (Wildman–Crippen LogP) is 1.90. The van der Waals surface area contributed by atoms with Crippen molar-refractivity contribution in [3.05, 3.63) is 53.4 Å². The second kappa shape index (κ2) is 8.67. The molecule has 6 heteroatoms. The summed E-state index contributed by atoms with van der Waals surface area (Å²) in [5.74, 6) is 1.28. The van der Waals surface area contributed by atoms with Crippen molar-refractivity contribution in [2.24, 2.45) is 0 Å². The van der Waals surface area contributed by atoms with Crippen LogP contribution in [0.3, 0.4) is 0 Å². The molecule has 25 heavy (non-hydrogen) atoms. The molecule has 1 saturated heterocycles. The van der Waals surface area contributed by atoms with E-state index in [0.29, 0.717) is 25.3 Å². The van der Waals surface area contributed by atoms with E-state index in [1.807, 2.05) is 19.1 Å². The van der Waals surface area contributed by atoms with Gasteiger partial charge in [-0.2, -0.15) is 0 Å². The van der Waals surface area contributed by atoms with E-state index in [-0.39, 0.29) is 5.91 Å². The molecule has 2 aromatic rings. The molecule has 1 aliphatic rings. The van der Waals surface area contributed by atoms with Gasteiger partial charge in [-0.25, -0.2) is 9.97 Å². The molecule has 1 fully saturated rings. The van der Waals surface area contributed by atoms with Crippen LogP contribution in [-0.2, 0) is 17.8 Å². The van der Waals surface area contributed by atoms with Gasteiger partial charge in [0, 0.05) is 49.2 Å². The van der Waals surface area contributed by atoms with Gasteiger partial charge in [0.05, 0.1) is 0 Å². The third kappa shape index (κ3) is 5.32. The number of hydrogen-bond acceptors (Lipinski definition) is 5. The van der Waals surface area contributed by atoms with Gasteiger partial charge in [0.1, 0.15) is 5.82 Å². The van der Waals surface area contributed by atoms with Crippen molar-refractivity contribution in [1.82, 2.24) is 25.6 Å². The average molecular weight is 339 g/mol. The quantitative estimate of drug-likeness (QED) is 0.840. The van der Waals surface area contributed by atoms with Crippen LogP contribution < -0.4 is 10.6 Å². The van der Waals surface area contributed by atoms with Crippen LogP contribution in [0.5, 0.6) is 0 Å². The van der Waals surface area contributed by atoms with E-state index in [1.165, 1.54) is 6.42 Å². The molecule has 0 aromatic carbocycles. The van der Waals surface area contributed by atoms with E-state index in [4.69, 9.17) is 0 Å². The Hall–Kier alpha value is -2.34. The van der Waals surface area contributed by atoms with Crippen molar-refractivity contribution in [3.8, 4) is 0 Å². The summed E-state index contributed by atoms with van der Waals surface area (Å²) in [6.07, 6.45) is 6.87. The van der Waals surface area contributed by atoms with Gasteiger partial charge in [-0.15, -0.1) is 0 Å². The fraction of sp³-hybridized carbons (Fsp3) is 0.474. The molecule has 1 atom stereocenters. The maximum atomic E-state index is 12.1. The monoisotopic (exact) mass is 339 g/mol. The van der Waals surface area contributed by atoms with E-state index in [0.717, 1.165) is 42.3 Å². The highest BCUT2D eigenvalue weighted by Crippen LogP contribution is 2.22. The maximum Gasteiger partial charge on any atom is 0.220 e. The topological polar surface area (TPSA) is 79.8 Å². The largest absolute Gasteiger partial charge is 0.352 e. The number of hydrogen-bond donors (Lipinski definition) is 2. The lowest BCUT2D eigenvalue weighted by atomic mass is 9.95. The van der Waals surface area contributed by atoms with E-state index in [1.54, 1.807) is 12.4 Å². The van der Waals surface area contributed by atoms with Crippen LogP contribution >= 0.6 is 0 Å². The smallest absolute Gasteiger partial charge is 0.220 e. The third-order valence-electron chi connectivity index (χ3n) is 4.47. The highest BCUT2D eigenvalue weighted by atomic mass is 16.1. The van der Waals surface area contributed by atoms with Gasteiger partial charge >= 0.3 is 0 Å². The Morgan fingerprint density at radius 3 is 2.92 bits per heavy atom. The van der Waals surface area contributed by atoms with Crippen LogP contribution in [0.2, 0.25) is 0 Å². The predicted molar refractivity (Wildman–Crippen MR) is 96.0 cm³/mol. The Balaban J connectivity index is 1.53. The molecule has 0 aliphatic carbocycles. The van der Waals surface area contributed by atoms with Crippen molar-refractivity contribution < 1.29 is 4.79 Å². The zero-order valence-corrected chi connectivity index (χ0v) is 14.7. The zero-order chi connectivity index (χ0) is 17.5. The Kier molecular flexibility index (Phi) is 6.06. The Labute approximate surface area is 148 Å². The number of aromatic nitrogens is 3. The molecule has 2 N–H and O–H groups in total. The number of nitrogens with one attached hydrogen (secondary N) is 2. The van der Waals surface area contributed by atoms with Crippen LogP contribution in [-0.4, -0.2) is 33.9 Å². The Morgan fingerprint density at radius 2 is 2.16 bits per heavy atom. The molecule has 0 spiro atoms. The van der Waals surface area contributed by atoms with Crippen molar-refractivity contribution >= 4 is 5.91 Å². The molecule has 132 valence electrons. The van der Waals surface area contributed by atoms with Crippen molar-refractivity contribution in [2.45, 2.75) is 45.1 Å². The molecule has 3 rings (SSSR count). The molecule has 2 aromatic heterocycles. The fourth-order valence-corrected chi connectivity index (χ4v) is 3.13. The minimum atomic E-state index is 0.0361. The van der Waals surface area contributed by atoms with Gasteiger partial charge in [-0.3, -0.25) is 9.78 Å². The minimum Gasteiger partial charge on any atom is -0.352 e. The number of carbonyl (C=O) groups is 1. The third-order valence-corrected chi connectivity index (χ3v) is 4.47. The molecule has 3 heterocycles. The van der Waals surface area contributed by atoms with Gasteiger partial charge in [0.2, 0.25) is 5.91 Å². The molecule has 1 aliphatic heterocycles. The van der Waals surface area contributed by atoms with Gasteiger partial charge in [0.15, 0.2) is 0 Å². The molecule has 0 radical (unpaired) electrons. The summed E-state index contributed by atoms with van der Waals surface area (Å²) in [4.78, 5) is 25.2. The Bertz CT molecular complexity index is 698. The second-order valence-electron chi connectivity index (χ2n) is 6.51. The number of aryl methyl sites for hydroxylation is 2. The first-order chi connectivity index (χ1) is 12.2. The molecular formula is C19H25N5O. The summed E-state index contributed by atoms with van der Waals surface area (Å²) in [6, 6.07) is 5.87. The number of carbonyl (C=O) groups excluding carboxylic acids is 1. The number of amides is 1. The number of nitrogens with zero attached hydrogens (tertiary/aromatic N) is 3. The lowest BCUT2D eigenvalue weighted by molar-refractivity contribution is -0.121. The van der Waals surface area contributed by atoms with Crippen molar-refractivity contribution in [3.63, 3.8) is 0 Å². The summed E-state index contributed by atoms with van der Waals surface area (Å²) in [7, 11) is 0. The van der Waals surface area contributed by atoms with Crippen LogP contribution in [0.4, 0.5) is 0 Å². The van der Waals surface area contributed by atoms with Gasteiger partial charge in [0.25, 0.3) is 0 Å². The van der Waals surface area contributed by atoms with E-state index < -0.39 is 0 Å². The molecule has 0 bridgehead atoms. The average Bonchev–Trinajstić information content (AvgIpc) is 2.66. The lowest BCUT2D eigenvalue weighted by Gasteiger charge is -2.22. The molecule has 0 unspecified atom stereocenters. The van der Waals surface area contributed by atoms with Crippen molar-refractivity contribution in [1.29, 1.82) is 0 Å². The van der Waals surface area contributed by atoms with Gasteiger partial charge in [-0.1, -0.05) is 0 Å². The maximum absolute atomic E-state index is 12.1. The van der Waals surface area contributed by atoms with Crippen LogP contribution in [0.15, 0.2) is 30.6 Å². The second-order valence-corrected chi connectivity index (χ2v) is 6.51. The summed E-state index contributed by atoms with van der Waals surface area (Å²) >= 11 is 0. The summed E-state index contributed by atoms with van der Waals surface area (Å²) < 4.78 is 0. The first kappa shape index (κ1) is 17.5. The van der Waals surface area contributed by atoms with E-state index in [9.17, 15) is 4.79 Å². The van der Waals surface area contributed by atoms with Crippen LogP contribution in [0, 0.1) is 6.92 Å². The summed E-state index contributed by atoms with van der Waals surface area (Å²) in [5, 5.41) is 6.37. The first-order valence-corrected chi connectivity index (χ1v) is 8.91. The first-order valence-electron chi connectivity index (χ1n) is 8.91. The van der Waals surface area contributed by atoms with E-state index >= 15 is 0 Å². The standard InChI is InChI=1S/C19H25N5O/c1-14-23-17(11-18(24-14)16-3-2-8-21-13-16)4-5-19(25)22-12-15-6-9-20-10-7-15/h6-7,9-11,16,21H,2-5,8,12-13H2,1H3,(H,22,25)/t16-/m1/s1. The van der Waals surface area contributed by atoms with Gasteiger partial charge < -0.3 is 10.6 Å². The summed E-state index contributed by atoms with van der Waals surface area (Å²) in [6.45, 7) is 4.52. The molecule has 0 saturated carbocycles. The molecule has 6 nitrogen and oxygen atoms in total. The Morgan fingerprint density at radius 1 is 1.32 bits per heavy atom. The SMILES string of the molecule is Cc1nc(CCC(=O)NCc2ccncc2)cc([C@@H]2CCCNC2)n1. The molecular weight excluding hydrogens is 314 g/mol. The highest BCUT2D eigenvalue weighted by Gasteiger charge is 2.18. The zero-order valence-electron chi connectivity index (χ0n) is 14.7. The lowest BCUT2D eigenvalue weighted by Crippen LogP contribution is -2.29. The van der Waals surface area contributed by atoms with Crippen molar-refractivity contribution in [2.75, 3.05) is 13.1 Å². The van der Waals surface area contributed by atoms with E-state index in [2.05, 4.69) is 31.7 Å². The number of piperidine rings is 1. The fourth-order valence-electron chi connectivity index (χ4n) is 3.13. The minimum absolute atomic E-state index is 0.0361. The highest BCUT2D eigenvalue weighted by molar-refractivity contribution is 5.76. The number of rotatable bonds is 6. The van der Waals surface area contributed by atoms with Gasteiger partial charge in [-0.05, 0) is 56.5 Å². The van der Waals surface area contributed by atoms with Crippen LogP contribution in [0.1, 0.15) is 48.0 Å². The molecule has 1 amide bonds. The summed E-state index contributed by atoms with van der Waals surface area (Å²) in [5.41, 5.74) is 3.10. The number of pyridine rings is 1. The van der Waals surface area contributed by atoms with Crippen LogP contribution in [0.25, 0.3) is 0 Å².